The number of hydrogen-bond acceptors (Lipinski definition) is 4. The number of halogens is 3. The van der Waals surface area contributed by atoms with Gasteiger partial charge in [0.15, 0.2) is 12.4 Å². The summed E-state index contributed by atoms with van der Waals surface area (Å²) in [4.78, 5) is 28.1. The molecule has 0 aliphatic rings. The Bertz CT molecular complexity index is 1260. The molecule has 4 aromatic rings. The van der Waals surface area contributed by atoms with Crippen molar-refractivity contribution in [1.29, 1.82) is 0 Å². The van der Waals surface area contributed by atoms with Crippen LogP contribution in [-0.2, 0) is 22.3 Å². The summed E-state index contributed by atoms with van der Waals surface area (Å²) in [5.74, 6) is -2.60. The lowest BCUT2D eigenvalue weighted by Crippen LogP contribution is -2.22. The van der Waals surface area contributed by atoms with E-state index >= 15 is 0 Å². The second kappa shape index (κ2) is 7.62. The van der Waals surface area contributed by atoms with E-state index in [1.807, 2.05) is 24.3 Å². The molecule has 0 spiro atoms. The van der Waals surface area contributed by atoms with Crippen LogP contribution >= 0.6 is 0 Å². The number of nitrogens with zero attached hydrogens (tertiary/aromatic N) is 2. The summed E-state index contributed by atoms with van der Waals surface area (Å²) < 4.78 is 45.6. The van der Waals surface area contributed by atoms with E-state index < -0.39 is 36.9 Å². The maximum absolute atomic E-state index is 13.3. The van der Waals surface area contributed by atoms with E-state index in [1.54, 1.807) is 30.3 Å². The predicted molar refractivity (Wildman–Crippen MR) is 104 cm³/mol. The van der Waals surface area contributed by atoms with Gasteiger partial charge in [0.1, 0.15) is 6.54 Å². The second-order valence-electron chi connectivity index (χ2n) is 6.65. The van der Waals surface area contributed by atoms with Crippen LogP contribution in [0.1, 0.15) is 16.2 Å². The molecule has 0 saturated heterocycles. The van der Waals surface area contributed by atoms with Gasteiger partial charge in [0.2, 0.25) is 5.82 Å². The molecule has 0 atom stereocenters. The van der Waals surface area contributed by atoms with Crippen molar-refractivity contribution in [2.24, 2.45) is 0 Å². The normalized spacial score (nSPS) is 11.7. The number of hydrogen-bond donors (Lipinski definition) is 0. The Balaban J connectivity index is 1.49. The standard InChI is InChI=1S/C22H15F3N2O3/c23-22(24,25)21-26-17-7-3-4-8-18(17)27(21)12-20(29)30-13-19(28)16-10-9-14-5-1-2-6-15(14)11-16/h1-11H,12-13H2. The Labute approximate surface area is 168 Å². The third-order valence-corrected chi connectivity index (χ3v) is 4.63. The van der Waals surface area contributed by atoms with Crippen molar-refractivity contribution in [1.82, 2.24) is 9.55 Å². The number of carbonyl (C=O) groups excluding carboxylic acids is 2. The third-order valence-electron chi connectivity index (χ3n) is 4.63. The van der Waals surface area contributed by atoms with Crippen molar-refractivity contribution in [3.8, 4) is 0 Å². The van der Waals surface area contributed by atoms with Crippen LogP contribution in [0.5, 0.6) is 0 Å². The molecule has 30 heavy (non-hydrogen) atoms. The van der Waals surface area contributed by atoms with E-state index in [4.69, 9.17) is 4.74 Å². The zero-order chi connectivity index (χ0) is 21.3. The zero-order valence-electron chi connectivity index (χ0n) is 15.5. The monoisotopic (exact) mass is 412 g/mol. The van der Waals surface area contributed by atoms with E-state index in [0.29, 0.717) is 5.56 Å². The Hall–Kier alpha value is -3.68. The van der Waals surface area contributed by atoms with Gasteiger partial charge in [-0.3, -0.25) is 9.59 Å². The first-order valence-corrected chi connectivity index (χ1v) is 9.03. The summed E-state index contributed by atoms with van der Waals surface area (Å²) >= 11 is 0. The zero-order valence-corrected chi connectivity index (χ0v) is 15.5. The molecule has 1 aromatic heterocycles. The summed E-state index contributed by atoms with van der Waals surface area (Å²) in [5.41, 5.74) is 0.623. The number of esters is 1. The highest BCUT2D eigenvalue weighted by Gasteiger charge is 2.38. The number of carbonyl (C=O) groups is 2. The van der Waals surface area contributed by atoms with Crippen molar-refractivity contribution in [2.75, 3.05) is 6.61 Å². The van der Waals surface area contributed by atoms with Gasteiger partial charge in [-0.15, -0.1) is 0 Å². The van der Waals surface area contributed by atoms with Gasteiger partial charge < -0.3 is 9.30 Å². The third kappa shape index (κ3) is 3.89. The first kappa shape index (κ1) is 19.6. The van der Waals surface area contributed by atoms with Gasteiger partial charge in [-0.25, -0.2) is 4.98 Å². The van der Waals surface area contributed by atoms with Crippen molar-refractivity contribution >= 4 is 33.6 Å². The molecule has 8 heteroatoms. The maximum atomic E-state index is 13.3. The average Bonchev–Trinajstić information content (AvgIpc) is 3.10. The minimum Gasteiger partial charge on any atom is -0.456 e. The van der Waals surface area contributed by atoms with Crippen LogP contribution < -0.4 is 0 Å². The molecule has 0 amide bonds. The molecule has 0 unspecified atom stereocenters. The lowest BCUT2D eigenvalue weighted by Gasteiger charge is -2.11. The van der Waals surface area contributed by atoms with Crippen molar-refractivity contribution < 1.29 is 27.5 Å². The summed E-state index contributed by atoms with van der Waals surface area (Å²) in [6.45, 7) is -1.27. The molecule has 1 heterocycles. The molecular formula is C22H15F3N2O3. The lowest BCUT2D eigenvalue weighted by molar-refractivity contribution is -0.150. The molecule has 152 valence electrons. The Morgan fingerprint density at radius 1 is 0.933 bits per heavy atom. The van der Waals surface area contributed by atoms with E-state index in [9.17, 15) is 22.8 Å². The number of aromatic nitrogens is 2. The molecule has 0 aliphatic carbocycles. The number of ketones is 1. The molecule has 0 aliphatic heterocycles. The largest absolute Gasteiger partial charge is 0.456 e. The van der Waals surface area contributed by atoms with E-state index in [-0.39, 0.29) is 11.0 Å². The van der Waals surface area contributed by atoms with Crippen molar-refractivity contribution in [3.63, 3.8) is 0 Å². The number of rotatable bonds is 5. The van der Waals surface area contributed by atoms with Gasteiger partial charge in [0.25, 0.3) is 0 Å². The SMILES string of the molecule is O=C(Cn1c(C(F)(F)F)nc2ccccc21)OCC(=O)c1ccc2ccccc2c1. The fourth-order valence-electron chi connectivity index (χ4n) is 3.22. The molecular weight excluding hydrogens is 397 g/mol. The molecule has 4 rings (SSSR count). The number of Topliss-reactive ketones (excluding diaryl/α,β-unsaturated/α-hetero) is 1. The first-order chi connectivity index (χ1) is 14.3. The molecule has 0 N–H and O–H groups in total. The lowest BCUT2D eigenvalue weighted by atomic mass is 10.0. The highest BCUT2D eigenvalue weighted by Crippen LogP contribution is 2.31. The van der Waals surface area contributed by atoms with Crippen LogP contribution in [0.2, 0.25) is 0 Å². The van der Waals surface area contributed by atoms with Gasteiger partial charge >= 0.3 is 12.1 Å². The van der Waals surface area contributed by atoms with Gasteiger partial charge in [-0.1, -0.05) is 48.5 Å². The molecule has 0 radical (unpaired) electrons. The fraction of sp³-hybridized carbons (Fsp3) is 0.136. The predicted octanol–water partition coefficient (Wildman–Crippen LogP) is 4.63. The number of ether oxygens (including phenoxy) is 1. The number of benzene rings is 3. The molecule has 0 fully saturated rings. The molecule has 0 saturated carbocycles. The molecule has 0 bridgehead atoms. The first-order valence-electron chi connectivity index (χ1n) is 9.03. The summed E-state index contributed by atoms with van der Waals surface area (Å²) in [5, 5.41) is 1.81. The van der Waals surface area contributed by atoms with Gasteiger partial charge in [-0.2, -0.15) is 13.2 Å². The van der Waals surface area contributed by atoms with Crippen LogP contribution in [0.25, 0.3) is 21.8 Å². The topological polar surface area (TPSA) is 61.2 Å². The smallest absolute Gasteiger partial charge is 0.449 e. The van der Waals surface area contributed by atoms with E-state index in [2.05, 4.69) is 4.98 Å². The van der Waals surface area contributed by atoms with Crippen LogP contribution in [0.15, 0.2) is 66.7 Å². The number of para-hydroxylation sites is 2. The van der Waals surface area contributed by atoms with Gasteiger partial charge in [-0.05, 0) is 29.0 Å². The summed E-state index contributed by atoms with van der Waals surface area (Å²) in [7, 11) is 0. The highest BCUT2D eigenvalue weighted by atomic mass is 19.4. The van der Waals surface area contributed by atoms with E-state index in [1.165, 1.54) is 12.1 Å². The van der Waals surface area contributed by atoms with Crippen LogP contribution in [0, 0.1) is 0 Å². The fourth-order valence-corrected chi connectivity index (χ4v) is 3.22. The number of fused-ring (bicyclic) bond motifs is 2. The summed E-state index contributed by atoms with van der Waals surface area (Å²) in [6.07, 6.45) is -4.74. The second-order valence-corrected chi connectivity index (χ2v) is 6.65. The van der Waals surface area contributed by atoms with Crippen molar-refractivity contribution in [3.05, 3.63) is 78.1 Å². The Morgan fingerprint density at radius 3 is 2.40 bits per heavy atom. The van der Waals surface area contributed by atoms with E-state index in [0.717, 1.165) is 15.3 Å². The number of imidazole rings is 1. The maximum Gasteiger partial charge on any atom is 0.449 e. The van der Waals surface area contributed by atoms with Gasteiger partial charge in [0.05, 0.1) is 11.0 Å². The van der Waals surface area contributed by atoms with Crippen LogP contribution in [0.4, 0.5) is 13.2 Å². The minimum atomic E-state index is -4.74. The van der Waals surface area contributed by atoms with Gasteiger partial charge in [0, 0.05) is 5.56 Å². The molecule has 5 nitrogen and oxygen atoms in total. The van der Waals surface area contributed by atoms with Crippen molar-refractivity contribution in [2.45, 2.75) is 12.7 Å². The number of alkyl halides is 3. The summed E-state index contributed by atoms with van der Waals surface area (Å²) in [6, 6.07) is 18.5. The van der Waals surface area contributed by atoms with Crippen LogP contribution in [-0.4, -0.2) is 27.9 Å². The Kier molecular flexibility index (Phi) is 4.99. The quantitative estimate of drug-likeness (QED) is 0.354. The average molecular weight is 412 g/mol. The highest BCUT2D eigenvalue weighted by molar-refractivity contribution is 6.01. The molecule has 3 aromatic carbocycles. The minimum absolute atomic E-state index is 0.116. The Morgan fingerprint density at radius 2 is 1.63 bits per heavy atom. The van der Waals surface area contributed by atoms with Crippen LogP contribution in [0.3, 0.4) is 0 Å².